The highest BCUT2D eigenvalue weighted by Crippen LogP contribution is 2.09. The maximum absolute atomic E-state index is 4.96. The van der Waals surface area contributed by atoms with Crippen molar-refractivity contribution in [3.8, 4) is 0 Å². The minimum Gasteiger partial charge on any atom is -0.789 e. The van der Waals surface area contributed by atoms with Crippen LogP contribution in [0.5, 0.6) is 0 Å². The minimum atomic E-state index is 0.732. The predicted molar refractivity (Wildman–Crippen MR) is 49.1 cm³/mol. The van der Waals surface area contributed by atoms with Gasteiger partial charge in [0.1, 0.15) is 0 Å². The van der Waals surface area contributed by atoms with Crippen LogP contribution in [0, 0.1) is 0 Å². The Kier molecular flexibility index (Phi) is 2.66. The number of hydrogen-bond donors (Lipinski definition) is 0. The summed E-state index contributed by atoms with van der Waals surface area (Å²) in [6.07, 6.45) is 0. The van der Waals surface area contributed by atoms with Crippen LogP contribution in [-0.2, 0) is 25.3 Å². The molecule has 0 nitrogen and oxygen atoms in total. The summed E-state index contributed by atoms with van der Waals surface area (Å²) in [5.74, 6) is 0. The summed E-state index contributed by atoms with van der Waals surface area (Å²) in [6.45, 7) is 0. The Bertz CT molecular complexity index is 226. The standard InChI is InChI=1S/C8H8S2/c9-6-8(10)7-4-2-1-3-5-7/h1-6,9-10H/p-2/b8-6-. The van der Waals surface area contributed by atoms with E-state index in [4.69, 9.17) is 25.3 Å². The zero-order valence-corrected chi connectivity index (χ0v) is 6.91. The molecule has 1 rings (SSSR count). The van der Waals surface area contributed by atoms with Gasteiger partial charge < -0.3 is 25.3 Å². The molecule has 1 aromatic rings. The largest absolute Gasteiger partial charge is 0.789 e. The maximum atomic E-state index is 4.96. The Hall–Kier alpha value is -0.600. The molecule has 0 aromatic heterocycles. The van der Waals surface area contributed by atoms with E-state index >= 15 is 0 Å². The fraction of sp³-hybridized carbons (Fsp3) is 0. The van der Waals surface area contributed by atoms with Crippen molar-refractivity contribution in [3.05, 3.63) is 41.3 Å². The lowest BCUT2D eigenvalue weighted by molar-refractivity contribution is 1.66. The van der Waals surface area contributed by atoms with Crippen LogP contribution in [-0.4, -0.2) is 0 Å². The van der Waals surface area contributed by atoms with Crippen LogP contribution in [0.2, 0.25) is 0 Å². The molecular formula is C8H6S2-2. The summed E-state index contributed by atoms with van der Waals surface area (Å²) in [7, 11) is 0. The van der Waals surface area contributed by atoms with E-state index in [1.54, 1.807) is 0 Å². The molecule has 10 heavy (non-hydrogen) atoms. The highest BCUT2D eigenvalue weighted by atomic mass is 32.1. The molecule has 0 N–H and O–H groups in total. The molecule has 0 spiro atoms. The van der Waals surface area contributed by atoms with Crippen LogP contribution in [0.3, 0.4) is 0 Å². The van der Waals surface area contributed by atoms with Crippen molar-refractivity contribution in [2.75, 3.05) is 0 Å². The monoisotopic (exact) mass is 166 g/mol. The minimum absolute atomic E-state index is 0.732. The van der Waals surface area contributed by atoms with Crippen LogP contribution in [0.1, 0.15) is 5.56 Å². The molecular weight excluding hydrogens is 160 g/mol. The quantitative estimate of drug-likeness (QED) is 0.586. The Balaban J connectivity index is 2.96. The number of rotatable bonds is 1. The van der Waals surface area contributed by atoms with E-state index in [1.165, 1.54) is 5.41 Å². The van der Waals surface area contributed by atoms with Crippen LogP contribution >= 0.6 is 0 Å². The molecule has 0 heterocycles. The molecule has 0 bridgehead atoms. The summed E-state index contributed by atoms with van der Waals surface area (Å²) < 4.78 is 0. The van der Waals surface area contributed by atoms with E-state index in [0.717, 1.165) is 10.5 Å². The second-order valence-corrected chi connectivity index (χ2v) is 2.52. The van der Waals surface area contributed by atoms with E-state index in [-0.39, 0.29) is 0 Å². The summed E-state index contributed by atoms with van der Waals surface area (Å²) in [5.41, 5.74) is 1.02. The average Bonchev–Trinajstić information content (AvgIpc) is 2.05. The van der Waals surface area contributed by atoms with E-state index in [1.807, 2.05) is 30.3 Å². The third kappa shape index (κ3) is 1.69. The fourth-order valence-corrected chi connectivity index (χ4v) is 0.943. The van der Waals surface area contributed by atoms with E-state index in [2.05, 4.69) is 0 Å². The van der Waals surface area contributed by atoms with Gasteiger partial charge in [0.15, 0.2) is 0 Å². The molecule has 0 aliphatic heterocycles. The first kappa shape index (κ1) is 7.51. The van der Waals surface area contributed by atoms with Crippen molar-refractivity contribution in [2.45, 2.75) is 0 Å². The Labute approximate surface area is 71.8 Å². The van der Waals surface area contributed by atoms with Crippen LogP contribution in [0.25, 0.3) is 4.91 Å². The first-order chi connectivity index (χ1) is 4.84. The van der Waals surface area contributed by atoms with Gasteiger partial charge in [-0.1, -0.05) is 30.3 Å². The molecule has 0 fully saturated rings. The van der Waals surface area contributed by atoms with Crippen molar-refractivity contribution >= 4 is 30.2 Å². The maximum Gasteiger partial charge on any atom is -0.0468 e. The highest BCUT2D eigenvalue weighted by Gasteiger charge is 1.79. The fourth-order valence-electron chi connectivity index (χ4n) is 0.670. The van der Waals surface area contributed by atoms with Crippen LogP contribution in [0.15, 0.2) is 35.7 Å². The van der Waals surface area contributed by atoms with Crippen molar-refractivity contribution in [1.29, 1.82) is 0 Å². The van der Waals surface area contributed by atoms with Crippen LogP contribution in [0.4, 0.5) is 0 Å². The third-order valence-electron chi connectivity index (χ3n) is 1.17. The van der Waals surface area contributed by atoms with Gasteiger partial charge in [-0.3, -0.25) is 0 Å². The van der Waals surface area contributed by atoms with Gasteiger partial charge >= 0.3 is 0 Å². The molecule has 2 heteroatoms. The third-order valence-corrected chi connectivity index (χ3v) is 1.90. The Morgan fingerprint density at radius 3 is 2.30 bits per heavy atom. The van der Waals surface area contributed by atoms with Gasteiger partial charge in [0.25, 0.3) is 0 Å². The van der Waals surface area contributed by atoms with Gasteiger partial charge in [-0.25, -0.2) is 5.41 Å². The number of benzene rings is 1. The topological polar surface area (TPSA) is 0 Å². The van der Waals surface area contributed by atoms with Gasteiger partial charge in [-0.05, 0) is 5.56 Å². The molecule has 0 atom stereocenters. The van der Waals surface area contributed by atoms with Gasteiger partial charge in [0.05, 0.1) is 0 Å². The predicted octanol–water partition coefficient (Wildman–Crippen LogP) is 2.08. The van der Waals surface area contributed by atoms with Crippen molar-refractivity contribution in [3.63, 3.8) is 0 Å². The van der Waals surface area contributed by atoms with Gasteiger partial charge in [-0.2, -0.15) is 4.91 Å². The molecule has 0 saturated carbocycles. The SMILES string of the molecule is [S-]/C=C(\[S-])c1ccccc1. The normalized spacial score (nSPS) is 11.4. The van der Waals surface area contributed by atoms with Crippen molar-refractivity contribution < 1.29 is 0 Å². The Morgan fingerprint density at radius 1 is 1.20 bits per heavy atom. The van der Waals surface area contributed by atoms with E-state index in [9.17, 15) is 0 Å². The smallest absolute Gasteiger partial charge is 0.0468 e. The summed E-state index contributed by atoms with van der Waals surface area (Å²) in [5, 5.41) is 1.52. The molecule has 0 amide bonds. The number of hydrogen-bond acceptors (Lipinski definition) is 2. The molecule has 0 aliphatic rings. The van der Waals surface area contributed by atoms with Crippen LogP contribution < -0.4 is 0 Å². The molecule has 0 radical (unpaired) electrons. The lowest BCUT2D eigenvalue weighted by Gasteiger charge is -2.14. The average molecular weight is 166 g/mol. The molecule has 0 saturated heterocycles. The van der Waals surface area contributed by atoms with Crippen molar-refractivity contribution in [1.82, 2.24) is 0 Å². The lowest BCUT2D eigenvalue weighted by Crippen LogP contribution is -1.76. The summed E-state index contributed by atoms with van der Waals surface area (Å²) in [4.78, 5) is 0.732. The molecule has 52 valence electrons. The van der Waals surface area contributed by atoms with Gasteiger partial charge in [-0.15, -0.1) is 0 Å². The zero-order valence-electron chi connectivity index (χ0n) is 5.28. The van der Waals surface area contributed by atoms with Gasteiger partial charge in [0, 0.05) is 0 Å². The summed E-state index contributed by atoms with van der Waals surface area (Å²) >= 11 is 9.65. The van der Waals surface area contributed by atoms with Crippen molar-refractivity contribution in [2.24, 2.45) is 0 Å². The first-order valence-electron chi connectivity index (χ1n) is 2.89. The lowest BCUT2D eigenvalue weighted by atomic mass is 10.2. The Morgan fingerprint density at radius 2 is 1.80 bits per heavy atom. The van der Waals surface area contributed by atoms with E-state index < -0.39 is 0 Å². The first-order valence-corrected chi connectivity index (χ1v) is 3.77. The second kappa shape index (κ2) is 3.54. The molecule has 0 aliphatic carbocycles. The second-order valence-electron chi connectivity index (χ2n) is 1.85. The molecule has 0 unspecified atom stereocenters. The molecule has 1 aromatic carbocycles. The highest BCUT2D eigenvalue weighted by molar-refractivity contribution is 7.72. The summed E-state index contributed by atoms with van der Waals surface area (Å²) in [6, 6.07) is 9.74. The van der Waals surface area contributed by atoms with Gasteiger partial charge in [0.2, 0.25) is 0 Å². The zero-order chi connectivity index (χ0) is 7.40. The van der Waals surface area contributed by atoms with E-state index in [0.29, 0.717) is 0 Å².